The van der Waals surface area contributed by atoms with Crippen molar-refractivity contribution >= 4 is 17.5 Å². The summed E-state index contributed by atoms with van der Waals surface area (Å²) in [4.78, 5) is 20.0. The molecule has 0 saturated carbocycles. The number of benzene rings is 1. The van der Waals surface area contributed by atoms with Crippen LogP contribution in [0, 0.1) is 6.92 Å². The average molecular weight is 298 g/mol. The molecule has 22 heavy (non-hydrogen) atoms. The van der Waals surface area contributed by atoms with Crippen molar-refractivity contribution in [3.05, 3.63) is 54.4 Å². The number of methoxy groups -OCH3 is 1. The SMILES string of the molecule is C=CCNC(=O)c1cnc(Nc2cc(C)ccc2OC)nc1. The maximum Gasteiger partial charge on any atom is 0.254 e. The summed E-state index contributed by atoms with van der Waals surface area (Å²) in [6.45, 7) is 5.93. The second-order valence-corrected chi connectivity index (χ2v) is 4.62. The lowest BCUT2D eigenvalue weighted by Gasteiger charge is -2.11. The zero-order valence-corrected chi connectivity index (χ0v) is 12.6. The maximum atomic E-state index is 11.7. The van der Waals surface area contributed by atoms with Gasteiger partial charge < -0.3 is 15.4 Å². The number of nitrogens with one attached hydrogen (secondary N) is 2. The van der Waals surface area contributed by atoms with Gasteiger partial charge in [-0.25, -0.2) is 9.97 Å². The molecule has 0 spiro atoms. The van der Waals surface area contributed by atoms with Gasteiger partial charge in [-0.2, -0.15) is 0 Å². The number of amides is 1. The number of ether oxygens (including phenoxy) is 1. The second kappa shape index (κ2) is 7.21. The van der Waals surface area contributed by atoms with Gasteiger partial charge in [0.15, 0.2) is 0 Å². The van der Waals surface area contributed by atoms with Gasteiger partial charge in [0.25, 0.3) is 5.91 Å². The molecule has 2 rings (SSSR count). The van der Waals surface area contributed by atoms with Crippen LogP contribution in [0.25, 0.3) is 0 Å². The molecule has 114 valence electrons. The molecule has 0 bridgehead atoms. The number of anilines is 2. The lowest BCUT2D eigenvalue weighted by Crippen LogP contribution is -2.23. The monoisotopic (exact) mass is 298 g/mol. The molecular weight excluding hydrogens is 280 g/mol. The number of aryl methyl sites for hydroxylation is 1. The third-order valence-corrected chi connectivity index (χ3v) is 2.92. The highest BCUT2D eigenvalue weighted by Crippen LogP contribution is 2.27. The fourth-order valence-electron chi connectivity index (χ4n) is 1.82. The number of rotatable bonds is 6. The van der Waals surface area contributed by atoms with Crippen LogP contribution in [0.1, 0.15) is 15.9 Å². The van der Waals surface area contributed by atoms with E-state index in [1.807, 2.05) is 25.1 Å². The predicted octanol–water partition coefficient (Wildman–Crippen LogP) is 2.45. The maximum absolute atomic E-state index is 11.7. The number of nitrogens with zero attached hydrogens (tertiary/aromatic N) is 2. The van der Waals surface area contributed by atoms with Crippen LogP contribution in [0.4, 0.5) is 11.6 Å². The number of carbonyl (C=O) groups is 1. The first-order chi connectivity index (χ1) is 10.6. The standard InChI is InChI=1S/C16H18N4O2/c1-4-7-17-15(21)12-9-18-16(19-10-12)20-13-8-11(2)5-6-14(13)22-3/h4-6,8-10H,1,7H2,2-3H3,(H,17,21)(H,18,19,20). The van der Waals surface area contributed by atoms with E-state index in [9.17, 15) is 4.79 Å². The van der Waals surface area contributed by atoms with Gasteiger partial charge in [-0.1, -0.05) is 12.1 Å². The first-order valence-corrected chi connectivity index (χ1v) is 6.77. The zero-order valence-electron chi connectivity index (χ0n) is 12.6. The van der Waals surface area contributed by atoms with E-state index >= 15 is 0 Å². The zero-order chi connectivity index (χ0) is 15.9. The van der Waals surface area contributed by atoms with Crippen LogP contribution in [-0.4, -0.2) is 29.5 Å². The highest BCUT2D eigenvalue weighted by atomic mass is 16.5. The lowest BCUT2D eigenvalue weighted by molar-refractivity contribution is 0.0957. The second-order valence-electron chi connectivity index (χ2n) is 4.62. The number of hydrogen-bond donors (Lipinski definition) is 2. The summed E-state index contributed by atoms with van der Waals surface area (Å²) in [5.74, 6) is 0.853. The Balaban J connectivity index is 2.13. The molecule has 0 saturated heterocycles. The summed E-state index contributed by atoms with van der Waals surface area (Å²) in [6.07, 6.45) is 4.55. The molecule has 1 amide bonds. The van der Waals surface area contributed by atoms with Crippen molar-refractivity contribution in [2.45, 2.75) is 6.92 Å². The predicted molar refractivity (Wildman–Crippen MR) is 85.6 cm³/mol. The normalized spacial score (nSPS) is 9.91. The van der Waals surface area contributed by atoms with Gasteiger partial charge in [0.1, 0.15) is 5.75 Å². The van der Waals surface area contributed by atoms with Gasteiger partial charge in [-0.3, -0.25) is 4.79 Å². The number of aromatic nitrogens is 2. The molecule has 0 atom stereocenters. The molecule has 1 aromatic heterocycles. The van der Waals surface area contributed by atoms with E-state index < -0.39 is 0 Å². The molecule has 0 aliphatic heterocycles. The van der Waals surface area contributed by atoms with E-state index in [1.54, 1.807) is 13.2 Å². The number of carbonyl (C=O) groups excluding carboxylic acids is 1. The van der Waals surface area contributed by atoms with Gasteiger partial charge in [0.2, 0.25) is 5.95 Å². The van der Waals surface area contributed by atoms with E-state index in [1.165, 1.54) is 12.4 Å². The largest absolute Gasteiger partial charge is 0.495 e. The van der Waals surface area contributed by atoms with Gasteiger partial charge in [-0.15, -0.1) is 6.58 Å². The molecule has 0 unspecified atom stereocenters. The Morgan fingerprint density at radius 1 is 1.36 bits per heavy atom. The fraction of sp³-hybridized carbons (Fsp3) is 0.188. The van der Waals surface area contributed by atoms with Crippen LogP contribution in [0.2, 0.25) is 0 Å². The quantitative estimate of drug-likeness (QED) is 0.801. The van der Waals surface area contributed by atoms with Gasteiger partial charge in [-0.05, 0) is 24.6 Å². The topological polar surface area (TPSA) is 76.1 Å². The van der Waals surface area contributed by atoms with Gasteiger partial charge >= 0.3 is 0 Å². The average Bonchev–Trinajstić information content (AvgIpc) is 2.53. The summed E-state index contributed by atoms with van der Waals surface area (Å²) in [6, 6.07) is 5.76. The molecule has 2 aromatic rings. The fourth-order valence-corrected chi connectivity index (χ4v) is 1.82. The first-order valence-electron chi connectivity index (χ1n) is 6.77. The Morgan fingerprint density at radius 3 is 2.73 bits per heavy atom. The van der Waals surface area contributed by atoms with Crippen molar-refractivity contribution in [3.8, 4) is 5.75 Å². The first kappa shape index (κ1) is 15.5. The van der Waals surface area contributed by atoms with E-state index in [2.05, 4.69) is 27.2 Å². The van der Waals surface area contributed by atoms with E-state index in [0.29, 0.717) is 23.8 Å². The van der Waals surface area contributed by atoms with Crippen LogP contribution in [0.3, 0.4) is 0 Å². The Labute approximate surface area is 129 Å². The summed E-state index contributed by atoms with van der Waals surface area (Å²) in [5.41, 5.74) is 2.25. The molecule has 6 nitrogen and oxygen atoms in total. The van der Waals surface area contributed by atoms with Crippen molar-refractivity contribution in [2.24, 2.45) is 0 Å². The minimum absolute atomic E-state index is 0.236. The summed E-state index contributed by atoms with van der Waals surface area (Å²) < 4.78 is 5.29. The third kappa shape index (κ3) is 3.82. The van der Waals surface area contributed by atoms with Crippen molar-refractivity contribution in [3.63, 3.8) is 0 Å². The van der Waals surface area contributed by atoms with E-state index in [0.717, 1.165) is 11.3 Å². The molecule has 1 aromatic carbocycles. The van der Waals surface area contributed by atoms with Crippen molar-refractivity contribution in [1.29, 1.82) is 0 Å². The highest BCUT2D eigenvalue weighted by Gasteiger charge is 2.08. The van der Waals surface area contributed by atoms with Crippen LogP contribution < -0.4 is 15.4 Å². The molecule has 0 aliphatic carbocycles. The van der Waals surface area contributed by atoms with E-state index in [-0.39, 0.29) is 5.91 Å². The summed E-state index contributed by atoms with van der Waals surface area (Å²) in [5, 5.41) is 5.74. The Hall–Kier alpha value is -2.89. The van der Waals surface area contributed by atoms with Crippen molar-refractivity contribution < 1.29 is 9.53 Å². The third-order valence-electron chi connectivity index (χ3n) is 2.92. The molecule has 6 heteroatoms. The Bertz CT molecular complexity index is 668. The molecule has 0 aliphatic rings. The Kier molecular flexibility index (Phi) is 5.08. The molecule has 1 heterocycles. The Morgan fingerprint density at radius 2 is 2.09 bits per heavy atom. The van der Waals surface area contributed by atoms with Crippen LogP contribution >= 0.6 is 0 Å². The molecule has 2 N–H and O–H groups in total. The summed E-state index contributed by atoms with van der Waals surface area (Å²) in [7, 11) is 1.60. The van der Waals surface area contributed by atoms with Crippen LogP contribution in [0.5, 0.6) is 5.75 Å². The number of hydrogen-bond acceptors (Lipinski definition) is 5. The molecular formula is C16H18N4O2. The van der Waals surface area contributed by atoms with Crippen molar-refractivity contribution in [1.82, 2.24) is 15.3 Å². The minimum atomic E-state index is -0.236. The van der Waals surface area contributed by atoms with Gasteiger partial charge in [0, 0.05) is 18.9 Å². The van der Waals surface area contributed by atoms with Crippen LogP contribution in [-0.2, 0) is 0 Å². The molecule has 0 fully saturated rings. The van der Waals surface area contributed by atoms with E-state index in [4.69, 9.17) is 4.74 Å². The smallest absolute Gasteiger partial charge is 0.254 e. The molecule has 0 radical (unpaired) electrons. The highest BCUT2D eigenvalue weighted by molar-refractivity contribution is 5.93. The van der Waals surface area contributed by atoms with Crippen LogP contribution in [0.15, 0.2) is 43.2 Å². The summed E-state index contributed by atoms with van der Waals surface area (Å²) >= 11 is 0. The lowest BCUT2D eigenvalue weighted by atomic mass is 10.2. The van der Waals surface area contributed by atoms with Gasteiger partial charge in [0.05, 0.1) is 18.4 Å². The van der Waals surface area contributed by atoms with Crippen molar-refractivity contribution in [2.75, 3.05) is 19.0 Å². The minimum Gasteiger partial charge on any atom is -0.495 e.